The maximum Gasteiger partial charge on any atom is 0.338 e. The Hall–Kier alpha value is -3.40. The summed E-state index contributed by atoms with van der Waals surface area (Å²) in [4.78, 5) is 18.7. The van der Waals surface area contributed by atoms with Crippen LogP contribution in [-0.4, -0.2) is 95.0 Å². The van der Waals surface area contributed by atoms with Crippen LogP contribution < -0.4 is 9.64 Å². The summed E-state index contributed by atoms with van der Waals surface area (Å²) in [5.74, 6) is 2.90. The van der Waals surface area contributed by atoms with Crippen LogP contribution in [0.1, 0.15) is 40.5 Å². The van der Waals surface area contributed by atoms with Gasteiger partial charge in [-0.05, 0) is 61.5 Å². The zero-order chi connectivity index (χ0) is 28.4. The Bertz CT molecular complexity index is 1310. The lowest BCUT2D eigenvalue weighted by molar-refractivity contribution is -0.139. The van der Waals surface area contributed by atoms with Gasteiger partial charge >= 0.3 is 6.01 Å². The fourth-order valence-corrected chi connectivity index (χ4v) is 5.80. The zero-order valence-corrected chi connectivity index (χ0v) is 24.7. The number of piperidine rings is 1. The van der Waals surface area contributed by atoms with E-state index in [4.69, 9.17) is 14.6 Å². The molecule has 5 rings (SSSR count). The topological polar surface area (TPSA) is 88.3 Å². The summed E-state index contributed by atoms with van der Waals surface area (Å²) in [7, 11) is 3.46. The van der Waals surface area contributed by atoms with Crippen molar-refractivity contribution in [3.63, 3.8) is 0 Å². The van der Waals surface area contributed by atoms with E-state index in [1.165, 1.54) is 5.57 Å². The summed E-state index contributed by atoms with van der Waals surface area (Å²) >= 11 is 0. The van der Waals surface area contributed by atoms with Gasteiger partial charge in [0.05, 0.1) is 13.2 Å². The highest BCUT2D eigenvalue weighted by Crippen LogP contribution is 2.39. The minimum Gasteiger partial charge on any atom is -0.493 e. The average Bonchev–Trinajstić information content (AvgIpc) is 3.28. The number of carbonyl (C=O) groups excluding carboxylic acids is 1. The first-order valence-corrected chi connectivity index (χ1v) is 14.5. The standard InChI is InChI=1S/C30H43N7O3/c1-21(2)30(4)19-24(7-8-25(20-30)40-18-17-35-16-15-34(5)28(38)22(35)3)23-11-13-36(14-12-23)27-10-9-26-31-32-29(39-6)37(26)33-27/h7-10,19-23H,11-18H2,1-6H3. The fraction of sp³-hybridized carbons (Fsp3) is 0.600. The van der Waals surface area contributed by atoms with E-state index in [0.29, 0.717) is 30.1 Å². The highest BCUT2D eigenvalue weighted by molar-refractivity contribution is 5.81. The van der Waals surface area contributed by atoms with Gasteiger partial charge < -0.3 is 19.3 Å². The Kier molecular flexibility index (Phi) is 8.16. The Balaban J connectivity index is 1.22. The number of hydrogen-bond donors (Lipinski definition) is 0. The van der Waals surface area contributed by atoms with Crippen molar-refractivity contribution in [1.29, 1.82) is 0 Å². The van der Waals surface area contributed by atoms with E-state index < -0.39 is 0 Å². The molecule has 40 heavy (non-hydrogen) atoms. The predicted octanol–water partition coefficient (Wildman–Crippen LogP) is 3.57. The van der Waals surface area contributed by atoms with Crippen LogP contribution in [0.3, 0.4) is 0 Å². The van der Waals surface area contributed by atoms with E-state index in [2.05, 4.69) is 65.1 Å². The third-order valence-electron chi connectivity index (χ3n) is 8.96. The largest absolute Gasteiger partial charge is 0.493 e. The van der Waals surface area contributed by atoms with Crippen molar-refractivity contribution < 1.29 is 14.3 Å². The molecule has 2 aromatic heterocycles. The normalized spacial score (nSPS) is 24.9. The summed E-state index contributed by atoms with van der Waals surface area (Å²) in [6, 6.07) is 4.24. The van der Waals surface area contributed by atoms with Gasteiger partial charge in [-0.3, -0.25) is 9.69 Å². The summed E-state index contributed by atoms with van der Waals surface area (Å²) in [6.07, 6.45) is 11.2. The molecule has 2 aromatic rings. The first-order chi connectivity index (χ1) is 19.2. The van der Waals surface area contributed by atoms with E-state index in [1.807, 2.05) is 31.0 Å². The number of amides is 1. The van der Waals surface area contributed by atoms with Gasteiger partial charge in [0.25, 0.3) is 0 Å². The second kappa shape index (κ2) is 11.6. The van der Waals surface area contributed by atoms with Crippen molar-refractivity contribution in [2.24, 2.45) is 17.3 Å². The summed E-state index contributed by atoms with van der Waals surface area (Å²) in [6.45, 7) is 13.6. The van der Waals surface area contributed by atoms with Gasteiger partial charge in [-0.15, -0.1) is 10.2 Å². The molecule has 2 fully saturated rings. The van der Waals surface area contributed by atoms with Crippen molar-refractivity contribution in [2.45, 2.75) is 46.6 Å². The molecule has 2 saturated heterocycles. The van der Waals surface area contributed by atoms with Crippen molar-refractivity contribution in [2.75, 3.05) is 58.4 Å². The van der Waals surface area contributed by atoms with E-state index >= 15 is 0 Å². The lowest BCUT2D eigenvalue weighted by Crippen LogP contribution is -2.55. The van der Waals surface area contributed by atoms with Crippen LogP contribution in [0.2, 0.25) is 0 Å². The van der Waals surface area contributed by atoms with Crippen LogP contribution in [0.5, 0.6) is 6.01 Å². The number of allylic oxidation sites excluding steroid dienone is 5. The quantitative estimate of drug-likeness (QED) is 0.494. The van der Waals surface area contributed by atoms with Gasteiger partial charge in [0.2, 0.25) is 5.91 Å². The first kappa shape index (κ1) is 28.1. The number of rotatable bonds is 8. The van der Waals surface area contributed by atoms with E-state index in [9.17, 15) is 4.79 Å². The molecule has 0 aromatic carbocycles. The number of fused-ring (bicyclic) bond motifs is 1. The Morgan fingerprint density at radius 2 is 1.85 bits per heavy atom. The van der Waals surface area contributed by atoms with Crippen LogP contribution in [0, 0.1) is 17.3 Å². The number of nitrogens with zero attached hydrogens (tertiary/aromatic N) is 7. The first-order valence-electron chi connectivity index (χ1n) is 14.5. The number of aromatic nitrogens is 4. The maximum atomic E-state index is 12.4. The molecule has 2 aliphatic heterocycles. The average molecular weight is 550 g/mol. The second-order valence-electron chi connectivity index (χ2n) is 11.8. The van der Waals surface area contributed by atoms with Crippen LogP contribution in [-0.2, 0) is 9.53 Å². The minimum atomic E-state index is -0.111. The monoisotopic (exact) mass is 549 g/mol. The van der Waals surface area contributed by atoms with E-state index in [-0.39, 0.29) is 17.4 Å². The van der Waals surface area contributed by atoms with Crippen molar-refractivity contribution in [1.82, 2.24) is 29.6 Å². The van der Waals surface area contributed by atoms with Crippen LogP contribution in [0.4, 0.5) is 5.82 Å². The van der Waals surface area contributed by atoms with Crippen LogP contribution >= 0.6 is 0 Å². The van der Waals surface area contributed by atoms with Crippen molar-refractivity contribution in [3.05, 3.63) is 47.8 Å². The van der Waals surface area contributed by atoms with Crippen LogP contribution in [0.15, 0.2) is 47.8 Å². The van der Waals surface area contributed by atoms with E-state index in [1.54, 1.807) is 11.6 Å². The lowest BCUT2D eigenvalue weighted by atomic mass is 9.75. The SMILES string of the molecule is COc1nnc2ccc(N3CCC(C4=CC(C)(C(C)C)C=C(OCCN5CCN(C)C(=O)C5C)C=C4)CC3)nn12. The van der Waals surface area contributed by atoms with Gasteiger partial charge in [-0.25, -0.2) is 0 Å². The molecule has 4 heterocycles. The molecule has 2 atom stereocenters. The molecule has 2 unspecified atom stereocenters. The van der Waals surface area contributed by atoms with Crippen molar-refractivity contribution >= 4 is 17.4 Å². The molecule has 1 amide bonds. The predicted molar refractivity (Wildman–Crippen MR) is 155 cm³/mol. The Morgan fingerprint density at radius 3 is 2.58 bits per heavy atom. The van der Waals surface area contributed by atoms with Crippen LogP contribution in [0.25, 0.3) is 5.65 Å². The summed E-state index contributed by atoms with van der Waals surface area (Å²) < 4.78 is 13.3. The number of methoxy groups -OCH3 is 1. The van der Waals surface area contributed by atoms with Gasteiger partial charge in [0.1, 0.15) is 18.2 Å². The summed E-state index contributed by atoms with van der Waals surface area (Å²) in [5, 5.41) is 12.9. The molecular formula is C30H43N7O3. The Labute approximate surface area is 237 Å². The van der Waals surface area contributed by atoms with Gasteiger partial charge in [0.15, 0.2) is 5.65 Å². The number of ether oxygens (including phenoxy) is 2. The fourth-order valence-electron chi connectivity index (χ4n) is 5.80. The molecule has 10 nitrogen and oxygen atoms in total. The molecule has 216 valence electrons. The molecule has 0 N–H and O–H groups in total. The molecular weight excluding hydrogens is 506 g/mol. The molecule has 0 saturated carbocycles. The summed E-state index contributed by atoms with van der Waals surface area (Å²) in [5.41, 5.74) is 1.95. The number of anilines is 1. The molecule has 0 spiro atoms. The molecule has 3 aliphatic rings. The third-order valence-corrected chi connectivity index (χ3v) is 8.96. The van der Waals surface area contributed by atoms with Gasteiger partial charge in [-0.1, -0.05) is 38.0 Å². The van der Waals surface area contributed by atoms with Gasteiger partial charge in [0, 0.05) is 45.2 Å². The zero-order valence-electron chi connectivity index (χ0n) is 24.7. The minimum absolute atomic E-state index is 0.100. The van der Waals surface area contributed by atoms with E-state index in [0.717, 1.165) is 57.1 Å². The maximum absolute atomic E-state index is 12.4. The molecule has 10 heteroatoms. The second-order valence-corrected chi connectivity index (χ2v) is 11.8. The van der Waals surface area contributed by atoms with Gasteiger partial charge in [-0.2, -0.15) is 4.52 Å². The van der Waals surface area contributed by atoms with Crippen molar-refractivity contribution in [3.8, 4) is 6.01 Å². The highest BCUT2D eigenvalue weighted by atomic mass is 16.5. The molecule has 0 bridgehead atoms. The smallest absolute Gasteiger partial charge is 0.338 e. The number of hydrogen-bond acceptors (Lipinski definition) is 8. The number of likely N-dealkylation sites (N-methyl/N-ethyl adjacent to an activating group) is 1. The Morgan fingerprint density at radius 1 is 1.07 bits per heavy atom. The highest BCUT2D eigenvalue weighted by Gasteiger charge is 2.31. The molecule has 1 aliphatic carbocycles. The number of piperazine rings is 1. The molecule has 0 radical (unpaired) electrons. The lowest BCUT2D eigenvalue weighted by Gasteiger charge is -2.37. The number of carbonyl (C=O) groups is 1. The third kappa shape index (κ3) is 5.73.